The zero-order chi connectivity index (χ0) is 9.26. The Labute approximate surface area is 94.6 Å². The summed E-state index contributed by atoms with van der Waals surface area (Å²) in [6.45, 7) is 0. The average molecular weight is 306 g/mol. The van der Waals surface area contributed by atoms with Crippen LogP contribution < -0.4 is 3.07 Å². The summed E-state index contributed by atoms with van der Waals surface area (Å²) in [7, 11) is 0. The fraction of sp³-hybridized carbons (Fsp3) is 0. The molecule has 2 nitrogen and oxygen atoms in total. The number of benzene rings is 1. The molecule has 0 aliphatic carbocycles. The van der Waals surface area contributed by atoms with Gasteiger partial charge in [0.15, 0.2) is 23.0 Å². The largest absolute Gasteiger partial charge is 0.428 e. The van der Waals surface area contributed by atoms with Crippen molar-refractivity contribution < 1.29 is 3.07 Å². The highest BCUT2D eigenvalue weighted by Crippen LogP contribution is 2.22. The van der Waals surface area contributed by atoms with Crippen LogP contribution in [-0.2, 0) is 0 Å². The molecule has 0 N–H and O–H groups in total. The van der Waals surface area contributed by atoms with E-state index in [1.165, 1.54) is 0 Å². The van der Waals surface area contributed by atoms with Gasteiger partial charge in [-0.25, -0.2) is 4.98 Å². The molecule has 1 aromatic heterocycles. The van der Waals surface area contributed by atoms with Crippen molar-refractivity contribution in [2.24, 2.45) is 0 Å². The Hall–Kier alpha value is -0.550. The third-order valence-electron chi connectivity index (χ3n) is 1.72. The lowest BCUT2D eigenvalue weighted by Crippen LogP contribution is -1.80. The Morgan fingerprint density at radius 3 is 2.85 bits per heavy atom. The average Bonchev–Trinajstić information content (AvgIpc) is 2.17. The van der Waals surface area contributed by atoms with Gasteiger partial charge < -0.3 is 3.07 Å². The summed E-state index contributed by atoms with van der Waals surface area (Å²) in [5, 5.41) is 1.54. The first-order valence-electron chi connectivity index (χ1n) is 3.64. The van der Waals surface area contributed by atoms with Crippen LogP contribution in [0.2, 0.25) is 5.15 Å². The van der Waals surface area contributed by atoms with E-state index in [1.807, 2.05) is 47.3 Å². The van der Waals surface area contributed by atoms with Gasteiger partial charge in [0.2, 0.25) is 0 Å². The van der Waals surface area contributed by atoms with Gasteiger partial charge in [-0.3, -0.25) is 0 Å². The molecule has 0 unspecified atom stereocenters. The molecule has 0 saturated carbocycles. The molecule has 0 spiro atoms. The third-order valence-corrected chi connectivity index (χ3v) is 2.43. The molecular formula is C9H5ClINO. The molecule has 1 heterocycles. The number of fused-ring (bicyclic) bond motifs is 1. The first kappa shape index (κ1) is 9.02. The summed E-state index contributed by atoms with van der Waals surface area (Å²) in [6.07, 6.45) is 0. The molecule has 0 saturated heterocycles. The third kappa shape index (κ3) is 1.86. The molecule has 0 bridgehead atoms. The van der Waals surface area contributed by atoms with E-state index in [2.05, 4.69) is 4.98 Å². The van der Waals surface area contributed by atoms with Crippen molar-refractivity contribution in [1.82, 2.24) is 4.98 Å². The predicted octanol–water partition coefficient (Wildman–Crippen LogP) is 3.62. The Balaban J connectivity index is 2.66. The zero-order valence-electron chi connectivity index (χ0n) is 6.50. The first-order valence-corrected chi connectivity index (χ1v) is 4.90. The fourth-order valence-corrected chi connectivity index (χ4v) is 1.55. The predicted molar refractivity (Wildman–Crippen MR) is 61.4 cm³/mol. The van der Waals surface area contributed by atoms with E-state index < -0.39 is 0 Å². The quantitative estimate of drug-likeness (QED) is 0.593. The van der Waals surface area contributed by atoms with E-state index in [9.17, 15) is 0 Å². The number of pyridine rings is 1. The molecular weight excluding hydrogens is 300 g/mol. The minimum absolute atomic E-state index is 0.510. The van der Waals surface area contributed by atoms with Crippen molar-refractivity contribution in [3.05, 3.63) is 35.5 Å². The second-order valence-electron chi connectivity index (χ2n) is 2.57. The molecule has 2 rings (SSSR count). The van der Waals surface area contributed by atoms with Gasteiger partial charge >= 0.3 is 0 Å². The van der Waals surface area contributed by atoms with Gasteiger partial charge in [-0.2, -0.15) is 0 Å². The number of nitrogens with zero attached hydrogens (tertiary/aromatic N) is 1. The summed E-state index contributed by atoms with van der Waals surface area (Å²) in [4.78, 5) is 4.16. The maximum absolute atomic E-state index is 5.75. The van der Waals surface area contributed by atoms with Gasteiger partial charge in [-0.1, -0.05) is 11.6 Å². The van der Waals surface area contributed by atoms with Crippen molar-refractivity contribution in [3.63, 3.8) is 0 Å². The van der Waals surface area contributed by atoms with Crippen LogP contribution in [0.4, 0.5) is 0 Å². The monoisotopic (exact) mass is 305 g/mol. The maximum Gasteiger partial charge on any atom is 0.192 e. The SMILES string of the molecule is Clc1ccc2cc(OI)ccc2n1. The molecule has 4 heteroatoms. The number of hydrogen-bond donors (Lipinski definition) is 0. The van der Waals surface area contributed by atoms with E-state index in [4.69, 9.17) is 14.7 Å². The zero-order valence-corrected chi connectivity index (χ0v) is 9.41. The molecule has 0 atom stereocenters. The van der Waals surface area contributed by atoms with Crippen LogP contribution in [-0.4, -0.2) is 4.98 Å². The Morgan fingerprint density at radius 2 is 2.08 bits per heavy atom. The van der Waals surface area contributed by atoms with E-state index in [1.54, 1.807) is 6.07 Å². The van der Waals surface area contributed by atoms with Crippen molar-refractivity contribution in [2.75, 3.05) is 0 Å². The van der Waals surface area contributed by atoms with E-state index in [0.29, 0.717) is 5.15 Å². The summed E-state index contributed by atoms with van der Waals surface area (Å²) < 4.78 is 5.06. The van der Waals surface area contributed by atoms with Gasteiger partial charge in [0.25, 0.3) is 0 Å². The molecule has 0 aliphatic heterocycles. The van der Waals surface area contributed by atoms with Crippen LogP contribution >= 0.6 is 34.6 Å². The van der Waals surface area contributed by atoms with Gasteiger partial charge in [0.1, 0.15) is 10.9 Å². The van der Waals surface area contributed by atoms with Crippen LogP contribution in [0.3, 0.4) is 0 Å². The summed E-state index contributed by atoms with van der Waals surface area (Å²) in [5.41, 5.74) is 0.879. The van der Waals surface area contributed by atoms with Crippen LogP contribution in [0.25, 0.3) is 10.9 Å². The second kappa shape index (κ2) is 3.67. The van der Waals surface area contributed by atoms with Gasteiger partial charge in [-0.15, -0.1) is 0 Å². The van der Waals surface area contributed by atoms with Gasteiger partial charge in [0.05, 0.1) is 5.52 Å². The van der Waals surface area contributed by atoms with E-state index in [-0.39, 0.29) is 0 Å². The van der Waals surface area contributed by atoms with Crippen molar-refractivity contribution >= 4 is 45.5 Å². The molecule has 1 aromatic carbocycles. The molecule has 0 aliphatic rings. The molecule has 66 valence electrons. The van der Waals surface area contributed by atoms with Gasteiger partial charge in [0, 0.05) is 5.39 Å². The van der Waals surface area contributed by atoms with E-state index in [0.717, 1.165) is 16.7 Å². The Kier molecular flexibility index (Phi) is 2.55. The summed E-state index contributed by atoms with van der Waals surface area (Å²) in [6, 6.07) is 9.35. The molecule has 13 heavy (non-hydrogen) atoms. The Bertz CT molecular complexity index is 447. The van der Waals surface area contributed by atoms with Crippen LogP contribution in [0.1, 0.15) is 0 Å². The van der Waals surface area contributed by atoms with Crippen LogP contribution in [0.15, 0.2) is 30.3 Å². The Morgan fingerprint density at radius 1 is 1.23 bits per heavy atom. The summed E-state index contributed by atoms with van der Waals surface area (Å²) >= 11 is 7.59. The lowest BCUT2D eigenvalue weighted by Gasteiger charge is -1.99. The van der Waals surface area contributed by atoms with Gasteiger partial charge in [-0.05, 0) is 30.3 Å². The first-order chi connectivity index (χ1) is 6.29. The smallest absolute Gasteiger partial charge is 0.192 e. The fourth-order valence-electron chi connectivity index (χ4n) is 1.13. The summed E-state index contributed by atoms with van der Waals surface area (Å²) in [5.74, 6) is 0.817. The van der Waals surface area contributed by atoms with E-state index >= 15 is 0 Å². The molecule has 0 radical (unpaired) electrons. The minimum Gasteiger partial charge on any atom is -0.428 e. The maximum atomic E-state index is 5.75. The minimum atomic E-state index is 0.510. The second-order valence-corrected chi connectivity index (χ2v) is 3.39. The lowest BCUT2D eigenvalue weighted by molar-refractivity contribution is 0.718. The van der Waals surface area contributed by atoms with Crippen molar-refractivity contribution in [2.45, 2.75) is 0 Å². The van der Waals surface area contributed by atoms with Crippen molar-refractivity contribution in [1.29, 1.82) is 0 Å². The number of hydrogen-bond acceptors (Lipinski definition) is 2. The van der Waals surface area contributed by atoms with Crippen LogP contribution in [0.5, 0.6) is 5.75 Å². The van der Waals surface area contributed by atoms with Crippen LogP contribution in [0, 0.1) is 0 Å². The van der Waals surface area contributed by atoms with Crippen molar-refractivity contribution in [3.8, 4) is 5.75 Å². The molecule has 0 amide bonds. The highest BCUT2D eigenvalue weighted by molar-refractivity contribution is 14.1. The number of halogens is 2. The molecule has 0 fully saturated rings. The number of aromatic nitrogens is 1. The normalized spacial score (nSPS) is 10.3. The topological polar surface area (TPSA) is 22.1 Å². The highest BCUT2D eigenvalue weighted by atomic mass is 127. The lowest BCUT2D eigenvalue weighted by atomic mass is 10.2. The number of rotatable bonds is 1. The standard InChI is InChI=1S/C9H5ClINO/c10-9-4-1-6-5-7(13-11)2-3-8(6)12-9/h1-5H. The molecule has 2 aromatic rings. The highest BCUT2D eigenvalue weighted by Gasteiger charge is 1.98.